The summed E-state index contributed by atoms with van der Waals surface area (Å²) in [7, 11) is 1.55. The summed E-state index contributed by atoms with van der Waals surface area (Å²) in [5.41, 5.74) is 5.49. The summed E-state index contributed by atoms with van der Waals surface area (Å²) in [5.74, 6) is -0.825. The fourth-order valence-electron chi connectivity index (χ4n) is 4.09. The third-order valence-electron chi connectivity index (χ3n) is 6.26. The molecule has 40 heavy (non-hydrogen) atoms. The highest BCUT2D eigenvalue weighted by atomic mass is 16.5. The second kappa shape index (κ2) is 13.1. The van der Waals surface area contributed by atoms with Crippen LogP contribution in [0, 0.1) is 5.92 Å². The van der Waals surface area contributed by atoms with Crippen LogP contribution in [-0.2, 0) is 4.79 Å². The minimum Gasteiger partial charge on any atom is -0.497 e. The zero-order valence-corrected chi connectivity index (χ0v) is 22.6. The first-order valence-electron chi connectivity index (χ1n) is 12.9. The highest BCUT2D eigenvalue weighted by Gasteiger charge is 2.28. The van der Waals surface area contributed by atoms with Crippen molar-refractivity contribution < 1.29 is 19.1 Å². The van der Waals surface area contributed by atoms with Crippen LogP contribution < -0.4 is 25.8 Å². The lowest BCUT2D eigenvalue weighted by Gasteiger charge is -2.29. The maximum absolute atomic E-state index is 13.6. The van der Waals surface area contributed by atoms with E-state index in [1.165, 1.54) is 0 Å². The Hall–Kier alpha value is -5.11. The van der Waals surface area contributed by atoms with E-state index in [-0.39, 0.29) is 23.3 Å². The zero-order valence-electron chi connectivity index (χ0n) is 22.6. The number of nitrogens with zero attached hydrogens (tertiary/aromatic N) is 1. The van der Waals surface area contributed by atoms with Gasteiger partial charge >= 0.3 is 0 Å². The van der Waals surface area contributed by atoms with Gasteiger partial charge < -0.3 is 15.4 Å². The number of benzene rings is 4. The number of carbonyl (C=O) groups is 3. The highest BCUT2D eigenvalue weighted by molar-refractivity contribution is 6.09. The van der Waals surface area contributed by atoms with Gasteiger partial charge in [0.1, 0.15) is 11.8 Å². The molecule has 0 aliphatic heterocycles. The molecule has 3 amide bonds. The van der Waals surface area contributed by atoms with Gasteiger partial charge in [0.2, 0.25) is 0 Å². The number of para-hydroxylation sites is 3. The van der Waals surface area contributed by atoms with Gasteiger partial charge in [0, 0.05) is 5.56 Å². The van der Waals surface area contributed by atoms with Crippen LogP contribution in [0.5, 0.6) is 5.75 Å². The third-order valence-corrected chi connectivity index (χ3v) is 6.26. The predicted octanol–water partition coefficient (Wildman–Crippen LogP) is 5.57. The Morgan fingerprint density at radius 1 is 0.700 bits per heavy atom. The molecule has 0 radical (unpaired) electrons. The highest BCUT2D eigenvalue weighted by Crippen LogP contribution is 2.23. The number of nitrogens with one attached hydrogen (secondary N) is 3. The van der Waals surface area contributed by atoms with Crippen molar-refractivity contribution in [3.63, 3.8) is 0 Å². The third kappa shape index (κ3) is 6.85. The van der Waals surface area contributed by atoms with Gasteiger partial charge in [-0.25, -0.2) is 0 Å². The number of rotatable bonds is 10. The molecule has 0 aromatic heterocycles. The molecule has 0 fully saturated rings. The number of anilines is 3. The van der Waals surface area contributed by atoms with E-state index in [0.717, 1.165) is 11.4 Å². The van der Waals surface area contributed by atoms with Crippen LogP contribution in [0.1, 0.15) is 34.6 Å². The van der Waals surface area contributed by atoms with Crippen LogP contribution in [0.15, 0.2) is 109 Å². The quantitative estimate of drug-likeness (QED) is 0.230. The number of ether oxygens (including phenoxy) is 1. The molecule has 3 N–H and O–H groups in total. The molecule has 0 saturated carbocycles. The molecule has 8 nitrogen and oxygen atoms in total. The SMILES string of the molecule is COc1ccc(C(=O)Nc2ccccc2C(=O)NC(C(=O)NN(c2ccccc2)c2ccccc2)C(C)C)cc1. The summed E-state index contributed by atoms with van der Waals surface area (Å²) in [4.78, 5) is 39.9. The van der Waals surface area contributed by atoms with Gasteiger partial charge in [-0.1, -0.05) is 62.4 Å². The summed E-state index contributed by atoms with van der Waals surface area (Å²) in [6, 6.07) is 31.4. The standard InChI is InChI=1S/C32H32N4O4/c1-22(2)29(32(39)35-36(24-12-6-4-7-13-24)25-14-8-5-9-15-25)34-31(38)27-16-10-11-17-28(27)33-30(37)23-18-20-26(40-3)21-19-23/h4-22,29H,1-3H3,(H,33,37)(H,34,38)(H,35,39). The zero-order chi connectivity index (χ0) is 28.5. The Morgan fingerprint density at radius 2 is 1.25 bits per heavy atom. The molecule has 204 valence electrons. The lowest BCUT2D eigenvalue weighted by atomic mass is 10.0. The Balaban J connectivity index is 1.52. The first-order chi connectivity index (χ1) is 19.4. The molecule has 0 aliphatic carbocycles. The number of methoxy groups -OCH3 is 1. The molecule has 0 saturated heterocycles. The van der Waals surface area contributed by atoms with E-state index in [2.05, 4.69) is 16.1 Å². The van der Waals surface area contributed by atoms with Gasteiger partial charge in [-0.3, -0.25) is 24.8 Å². The monoisotopic (exact) mass is 536 g/mol. The van der Waals surface area contributed by atoms with Crippen molar-refractivity contribution in [2.24, 2.45) is 5.92 Å². The van der Waals surface area contributed by atoms with Crippen LogP contribution in [0.25, 0.3) is 0 Å². The van der Waals surface area contributed by atoms with Crippen molar-refractivity contribution in [2.75, 3.05) is 17.4 Å². The van der Waals surface area contributed by atoms with Crippen LogP contribution in [0.2, 0.25) is 0 Å². The van der Waals surface area contributed by atoms with E-state index in [9.17, 15) is 14.4 Å². The maximum atomic E-state index is 13.6. The molecule has 8 heteroatoms. The van der Waals surface area contributed by atoms with E-state index in [1.54, 1.807) is 60.6 Å². The van der Waals surface area contributed by atoms with Crippen molar-refractivity contribution in [1.29, 1.82) is 0 Å². The maximum Gasteiger partial charge on any atom is 0.261 e. The van der Waals surface area contributed by atoms with Gasteiger partial charge in [0.25, 0.3) is 17.7 Å². The normalized spacial score (nSPS) is 11.3. The van der Waals surface area contributed by atoms with Gasteiger partial charge in [-0.05, 0) is 66.6 Å². The van der Waals surface area contributed by atoms with Crippen molar-refractivity contribution in [3.05, 3.63) is 120 Å². The molecule has 4 aromatic rings. The molecular formula is C32H32N4O4. The lowest BCUT2D eigenvalue weighted by molar-refractivity contribution is -0.123. The van der Waals surface area contributed by atoms with Gasteiger partial charge in [-0.15, -0.1) is 0 Å². The van der Waals surface area contributed by atoms with E-state index in [4.69, 9.17) is 4.74 Å². The molecule has 0 aliphatic rings. The predicted molar refractivity (Wildman–Crippen MR) is 157 cm³/mol. The van der Waals surface area contributed by atoms with Crippen LogP contribution in [0.3, 0.4) is 0 Å². The minimum absolute atomic E-state index is 0.224. The van der Waals surface area contributed by atoms with Crippen molar-refractivity contribution in [2.45, 2.75) is 19.9 Å². The van der Waals surface area contributed by atoms with E-state index in [0.29, 0.717) is 17.0 Å². The Labute approximate surface area is 233 Å². The van der Waals surface area contributed by atoms with Crippen molar-refractivity contribution in [1.82, 2.24) is 10.7 Å². The van der Waals surface area contributed by atoms with Crippen molar-refractivity contribution >= 4 is 34.8 Å². The smallest absolute Gasteiger partial charge is 0.261 e. The molecular weight excluding hydrogens is 504 g/mol. The molecule has 4 aromatic carbocycles. The Bertz CT molecular complexity index is 1400. The number of hydrazine groups is 1. The summed E-state index contributed by atoms with van der Waals surface area (Å²) >= 11 is 0. The van der Waals surface area contributed by atoms with E-state index in [1.807, 2.05) is 74.5 Å². The second-order valence-corrected chi connectivity index (χ2v) is 9.41. The molecule has 1 atom stereocenters. The topological polar surface area (TPSA) is 99.8 Å². The van der Waals surface area contributed by atoms with Crippen LogP contribution in [-0.4, -0.2) is 30.9 Å². The lowest BCUT2D eigenvalue weighted by Crippen LogP contribution is -2.53. The fraction of sp³-hybridized carbons (Fsp3) is 0.156. The first-order valence-corrected chi connectivity index (χ1v) is 12.9. The van der Waals surface area contributed by atoms with Crippen LogP contribution in [0.4, 0.5) is 17.1 Å². The van der Waals surface area contributed by atoms with Crippen LogP contribution >= 0.6 is 0 Å². The van der Waals surface area contributed by atoms with Gasteiger partial charge in [-0.2, -0.15) is 0 Å². The number of amides is 3. The fourth-order valence-corrected chi connectivity index (χ4v) is 4.09. The Kier molecular flexibility index (Phi) is 9.15. The minimum atomic E-state index is -0.854. The largest absolute Gasteiger partial charge is 0.497 e. The van der Waals surface area contributed by atoms with E-state index < -0.39 is 11.9 Å². The second-order valence-electron chi connectivity index (χ2n) is 9.41. The van der Waals surface area contributed by atoms with Gasteiger partial charge in [0.15, 0.2) is 0 Å². The first kappa shape index (κ1) is 27.9. The molecule has 0 heterocycles. The van der Waals surface area contributed by atoms with Gasteiger partial charge in [0.05, 0.1) is 29.7 Å². The number of hydrogen-bond donors (Lipinski definition) is 3. The molecule has 0 bridgehead atoms. The Morgan fingerprint density at radius 3 is 1.80 bits per heavy atom. The molecule has 4 rings (SSSR count). The summed E-state index contributed by atoms with van der Waals surface area (Å²) in [6.07, 6.45) is 0. The summed E-state index contributed by atoms with van der Waals surface area (Å²) in [6.45, 7) is 3.72. The van der Waals surface area contributed by atoms with E-state index >= 15 is 0 Å². The molecule has 0 spiro atoms. The average molecular weight is 537 g/mol. The van der Waals surface area contributed by atoms with Crippen molar-refractivity contribution in [3.8, 4) is 5.75 Å². The number of hydrogen-bond acceptors (Lipinski definition) is 5. The molecule has 1 unspecified atom stereocenters. The number of carbonyl (C=O) groups excluding carboxylic acids is 3. The summed E-state index contributed by atoms with van der Waals surface area (Å²) < 4.78 is 5.15. The average Bonchev–Trinajstić information content (AvgIpc) is 2.99. The summed E-state index contributed by atoms with van der Waals surface area (Å²) in [5, 5.41) is 7.35.